The fraction of sp³-hybridized carbons (Fsp3) is 0.900. The minimum absolute atomic E-state index is 0.0282. The van der Waals surface area contributed by atoms with E-state index in [1.54, 1.807) is 4.90 Å². The first-order chi connectivity index (χ1) is 7.16. The van der Waals surface area contributed by atoms with Crippen LogP contribution in [0, 0.1) is 5.41 Å². The van der Waals surface area contributed by atoms with E-state index in [0.717, 1.165) is 32.2 Å². The molecule has 0 aromatic carbocycles. The fourth-order valence-electron chi connectivity index (χ4n) is 1.82. The molecule has 88 valence electrons. The normalized spacial score (nSPS) is 26.7. The molecular formula is C10H22N4O. The molecule has 1 heterocycles. The number of nitrogens with two attached hydrogens (primary N) is 2. The topological polar surface area (TPSA) is 88.4 Å². The summed E-state index contributed by atoms with van der Waals surface area (Å²) in [6.07, 6.45) is 3.84. The summed E-state index contributed by atoms with van der Waals surface area (Å²) in [5, 5.41) is 7.46. The molecule has 0 aromatic heterocycles. The van der Waals surface area contributed by atoms with Gasteiger partial charge in [-0.25, -0.2) is 0 Å². The number of guanidine groups is 1. The number of likely N-dealkylation sites (tertiary alicyclic amines) is 1. The van der Waals surface area contributed by atoms with Gasteiger partial charge in [-0.2, -0.15) is 0 Å². The SMILES string of the molecule is CCCCO[C@@H]1[C@@H](N)CCCN1C(=N)N. The van der Waals surface area contributed by atoms with Crippen LogP contribution in [0.4, 0.5) is 0 Å². The molecular weight excluding hydrogens is 192 g/mol. The van der Waals surface area contributed by atoms with Crippen molar-refractivity contribution < 1.29 is 4.74 Å². The Morgan fingerprint density at radius 2 is 2.33 bits per heavy atom. The minimum atomic E-state index is -0.206. The number of hydrogen-bond donors (Lipinski definition) is 3. The molecule has 0 bridgehead atoms. The predicted octanol–water partition coefficient (Wildman–Crippen LogP) is 0.446. The number of unbranched alkanes of at least 4 members (excludes halogenated alkanes) is 1. The summed E-state index contributed by atoms with van der Waals surface area (Å²) in [5.41, 5.74) is 11.5. The summed E-state index contributed by atoms with van der Waals surface area (Å²) in [4.78, 5) is 1.75. The minimum Gasteiger partial charge on any atom is -0.370 e. The van der Waals surface area contributed by atoms with Gasteiger partial charge in [-0.05, 0) is 19.3 Å². The van der Waals surface area contributed by atoms with E-state index in [2.05, 4.69) is 6.92 Å². The molecule has 1 fully saturated rings. The lowest BCUT2D eigenvalue weighted by Crippen LogP contribution is -2.57. The average Bonchev–Trinajstić information content (AvgIpc) is 2.20. The predicted molar refractivity (Wildman–Crippen MR) is 60.5 cm³/mol. The molecule has 1 aliphatic rings. The number of nitrogens with one attached hydrogen (secondary N) is 1. The summed E-state index contributed by atoms with van der Waals surface area (Å²) in [5.74, 6) is 0.0617. The smallest absolute Gasteiger partial charge is 0.190 e. The Kier molecular flexibility index (Phi) is 4.84. The van der Waals surface area contributed by atoms with Crippen LogP contribution >= 0.6 is 0 Å². The molecule has 2 atom stereocenters. The van der Waals surface area contributed by atoms with Crippen molar-refractivity contribution in [1.82, 2.24) is 4.90 Å². The molecule has 0 aromatic rings. The Bertz CT molecular complexity index is 210. The number of hydrogen-bond acceptors (Lipinski definition) is 3. The van der Waals surface area contributed by atoms with Crippen LogP contribution in [0.2, 0.25) is 0 Å². The monoisotopic (exact) mass is 214 g/mol. The van der Waals surface area contributed by atoms with Crippen molar-refractivity contribution in [3.8, 4) is 0 Å². The van der Waals surface area contributed by atoms with Crippen LogP contribution in [-0.2, 0) is 4.74 Å². The highest BCUT2D eigenvalue weighted by atomic mass is 16.5. The second kappa shape index (κ2) is 5.92. The Hall–Kier alpha value is -0.810. The van der Waals surface area contributed by atoms with E-state index in [4.69, 9.17) is 21.6 Å². The molecule has 5 N–H and O–H groups in total. The Balaban J connectivity index is 2.48. The van der Waals surface area contributed by atoms with E-state index in [1.165, 1.54) is 0 Å². The van der Waals surface area contributed by atoms with Crippen molar-refractivity contribution in [2.24, 2.45) is 11.5 Å². The lowest BCUT2D eigenvalue weighted by Gasteiger charge is -2.39. The summed E-state index contributed by atoms with van der Waals surface area (Å²) in [7, 11) is 0. The third kappa shape index (κ3) is 3.35. The molecule has 0 spiro atoms. The number of piperidine rings is 1. The third-order valence-corrected chi connectivity index (χ3v) is 2.71. The first kappa shape index (κ1) is 12.3. The Morgan fingerprint density at radius 3 is 2.93 bits per heavy atom. The second-order valence-electron chi connectivity index (χ2n) is 4.00. The second-order valence-corrected chi connectivity index (χ2v) is 4.00. The van der Waals surface area contributed by atoms with Gasteiger partial charge in [-0.1, -0.05) is 13.3 Å². The van der Waals surface area contributed by atoms with Gasteiger partial charge < -0.3 is 21.1 Å². The molecule has 1 saturated heterocycles. The lowest BCUT2D eigenvalue weighted by molar-refractivity contribution is -0.0600. The van der Waals surface area contributed by atoms with Crippen LogP contribution in [0.25, 0.3) is 0 Å². The van der Waals surface area contributed by atoms with Gasteiger partial charge in [0.2, 0.25) is 0 Å². The molecule has 0 unspecified atom stereocenters. The van der Waals surface area contributed by atoms with E-state index < -0.39 is 0 Å². The maximum atomic E-state index is 7.46. The highest BCUT2D eigenvalue weighted by molar-refractivity contribution is 5.75. The molecule has 0 radical (unpaired) electrons. The first-order valence-electron chi connectivity index (χ1n) is 5.64. The van der Waals surface area contributed by atoms with Crippen molar-refractivity contribution in [3.63, 3.8) is 0 Å². The van der Waals surface area contributed by atoms with Crippen molar-refractivity contribution in [1.29, 1.82) is 5.41 Å². The van der Waals surface area contributed by atoms with Crippen LogP contribution in [0.15, 0.2) is 0 Å². The van der Waals surface area contributed by atoms with E-state index in [1.807, 2.05) is 0 Å². The Morgan fingerprint density at radius 1 is 1.60 bits per heavy atom. The zero-order chi connectivity index (χ0) is 11.3. The molecule has 0 saturated carbocycles. The maximum Gasteiger partial charge on any atom is 0.190 e. The molecule has 15 heavy (non-hydrogen) atoms. The highest BCUT2D eigenvalue weighted by Crippen LogP contribution is 2.17. The summed E-state index contributed by atoms with van der Waals surface area (Å²) < 4.78 is 5.69. The van der Waals surface area contributed by atoms with E-state index >= 15 is 0 Å². The van der Waals surface area contributed by atoms with E-state index in [9.17, 15) is 0 Å². The van der Waals surface area contributed by atoms with Gasteiger partial charge in [-0.15, -0.1) is 0 Å². The Labute approximate surface area is 91.3 Å². The number of ether oxygens (including phenoxy) is 1. The molecule has 0 aliphatic carbocycles. The quantitative estimate of drug-likeness (QED) is 0.360. The van der Waals surface area contributed by atoms with Crippen molar-refractivity contribution in [2.75, 3.05) is 13.2 Å². The molecule has 1 aliphatic heterocycles. The van der Waals surface area contributed by atoms with E-state index in [0.29, 0.717) is 6.61 Å². The van der Waals surface area contributed by atoms with Crippen LogP contribution in [0.3, 0.4) is 0 Å². The molecule has 5 heteroatoms. The molecule has 0 amide bonds. The van der Waals surface area contributed by atoms with Crippen molar-refractivity contribution >= 4 is 5.96 Å². The summed E-state index contributed by atoms with van der Waals surface area (Å²) in [6, 6.07) is -0.0282. The van der Waals surface area contributed by atoms with Gasteiger partial charge in [0.1, 0.15) is 6.23 Å². The summed E-state index contributed by atoms with van der Waals surface area (Å²) >= 11 is 0. The standard InChI is InChI=1S/C10H22N4O/c1-2-3-7-15-9-8(11)5-4-6-14(9)10(12)13/h8-9H,2-7,11H2,1H3,(H3,12,13)/t8-,9+/m0/s1. The lowest BCUT2D eigenvalue weighted by atomic mass is 10.0. The number of nitrogens with zero attached hydrogens (tertiary/aromatic N) is 1. The summed E-state index contributed by atoms with van der Waals surface area (Å²) in [6.45, 7) is 3.59. The van der Waals surface area contributed by atoms with Gasteiger partial charge in [0, 0.05) is 19.2 Å². The largest absolute Gasteiger partial charge is 0.370 e. The molecule has 1 rings (SSSR count). The third-order valence-electron chi connectivity index (χ3n) is 2.71. The van der Waals surface area contributed by atoms with Crippen molar-refractivity contribution in [2.45, 2.75) is 44.9 Å². The van der Waals surface area contributed by atoms with Crippen LogP contribution in [0.5, 0.6) is 0 Å². The van der Waals surface area contributed by atoms with Crippen LogP contribution in [-0.4, -0.2) is 36.3 Å². The zero-order valence-corrected chi connectivity index (χ0v) is 9.41. The van der Waals surface area contributed by atoms with Gasteiger partial charge in [-0.3, -0.25) is 5.41 Å². The fourth-order valence-corrected chi connectivity index (χ4v) is 1.82. The van der Waals surface area contributed by atoms with E-state index in [-0.39, 0.29) is 18.2 Å². The van der Waals surface area contributed by atoms with Crippen LogP contribution < -0.4 is 11.5 Å². The van der Waals surface area contributed by atoms with Crippen molar-refractivity contribution in [3.05, 3.63) is 0 Å². The number of rotatable bonds is 4. The zero-order valence-electron chi connectivity index (χ0n) is 9.41. The van der Waals surface area contributed by atoms with Gasteiger partial charge >= 0.3 is 0 Å². The molecule has 5 nitrogen and oxygen atoms in total. The van der Waals surface area contributed by atoms with Gasteiger partial charge in [0.15, 0.2) is 5.96 Å². The van der Waals surface area contributed by atoms with Gasteiger partial charge in [0.05, 0.1) is 0 Å². The maximum absolute atomic E-state index is 7.46. The van der Waals surface area contributed by atoms with Gasteiger partial charge in [0.25, 0.3) is 0 Å². The van der Waals surface area contributed by atoms with Crippen LogP contribution in [0.1, 0.15) is 32.6 Å². The average molecular weight is 214 g/mol. The first-order valence-corrected chi connectivity index (χ1v) is 5.64. The highest BCUT2D eigenvalue weighted by Gasteiger charge is 2.30.